The molecule has 2 atom stereocenters. The van der Waals surface area contributed by atoms with E-state index in [1.165, 1.54) is 0 Å². The van der Waals surface area contributed by atoms with Crippen molar-refractivity contribution in [1.29, 1.82) is 0 Å². The van der Waals surface area contributed by atoms with E-state index >= 15 is 0 Å². The Morgan fingerprint density at radius 1 is 1.60 bits per heavy atom. The normalized spacial score (nSPS) is 32.5. The number of rotatable bonds is 2. The van der Waals surface area contributed by atoms with E-state index in [0.29, 0.717) is 0 Å². The first kappa shape index (κ1) is 7.54. The van der Waals surface area contributed by atoms with Crippen LogP contribution in [0, 0.1) is 5.92 Å². The molecule has 0 aromatic heterocycles. The quantitative estimate of drug-likeness (QED) is 0.590. The molecular formula is C7H13NO2. The highest BCUT2D eigenvalue weighted by Gasteiger charge is 2.31. The van der Waals surface area contributed by atoms with Gasteiger partial charge in [-0.2, -0.15) is 0 Å². The zero-order chi connectivity index (χ0) is 7.56. The number of hydrogen-bond donors (Lipinski definition) is 2. The highest BCUT2D eigenvalue weighted by atomic mass is 16.4. The molecule has 1 rings (SSSR count). The molecule has 0 spiro atoms. The van der Waals surface area contributed by atoms with Gasteiger partial charge < -0.3 is 10.4 Å². The van der Waals surface area contributed by atoms with Gasteiger partial charge in [0.2, 0.25) is 0 Å². The first-order valence-electron chi connectivity index (χ1n) is 3.65. The standard InChI is InChI=1S/C7H13NO2/c1-8-6-4-2-3-5(6)7(9)10/h5-6,8H,2-4H2,1H3,(H,9,10). The Hall–Kier alpha value is -0.570. The molecule has 2 unspecified atom stereocenters. The molecule has 0 radical (unpaired) electrons. The SMILES string of the molecule is CNC1CCCC1C(=O)O. The van der Waals surface area contributed by atoms with E-state index in [9.17, 15) is 4.79 Å². The Kier molecular flexibility index (Phi) is 2.27. The summed E-state index contributed by atoms with van der Waals surface area (Å²) in [6.07, 6.45) is 2.89. The fourth-order valence-electron chi connectivity index (χ4n) is 1.60. The minimum Gasteiger partial charge on any atom is -0.481 e. The predicted octanol–water partition coefficient (Wildman–Crippen LogP) is 0.459. The van der Waals surface area contributed by atoms with Crippen LogP contribution in [0.4, 0.5) is 0 Å². The van der Waals surface area contributed by atoms with E-state index in [1.807, 2.05) is 7.05 Å². The van der Waals surface area contributed by atoms with Crippen molar-refractivity contribution in [3.63, 3.8) is 0 Å². The van der Waals surface area contributed by atoms with E-state index in [0.717, 1.165) is 19.3 Å². The molecule has 1 aliphatic carbocycles. The maximum Gasteiger partial charge on any atom is 0.308 e. The third-order valence-corrected chi connectivity index (χ3v) is 2.20. The van der Waals surface area contributed by atoms with Crippen molar-refractivity contribution < 1.29 is 9.90 Å². The minimum atomic E-state index is -0.656. The topological polar surface area (TPSA) is 49.3 Å². The molecule has 0 amide bonds. The van der Waals surface area contributed by atoms with Crippen molar-refractivity contribution in [1.82, 2.24) is 5.32 Å². The van der Waals surface area contributed by atoms with Crippen LogP contribution in [0.25, 0.3) is 0 Å². The molecule has 1 aliphatic rings. The molecule has 0 aliphatic heterocycles. The van der Waals surface area contributed by atoms with E-state index in [1.54, 1.807) is 0 Å². The van der Waals surface area contributed by atoms with Crippen molar-refractivity contribution in [3.05, 3.63) is 0 Å². The molecule has 2 N–H and O–H groups in total. The summed E-state index contributed by atoms with van der Waals surface area (Å²) in [6.45, 7) is 0. The largest absolute Gasteiger partial charge is 0.481 e. The average molecular weight is 143 g/mol. The van der Waals surface area contributed by atoms with E-state index in [4.69, 9.17) is 5.11 Å². The van der Waals surface area contributed by atoms with Gasteiger partial charge in [0.1, 0.15) is 0 Å². The monoisotopic (exact) mass is 143 g/mol. The summed E-state index contributed by atoms with van der Waals surface area (Å²) in [5.41, 5.74) is 0. The number of carboxylic acid groups (broad SMARTS) is 1. The van der Waals surface area contributed by atoms with Crippen molar-refractivity contribution in [2.75, 3.05) is 7.05 Å². The molecule has 0 heterocycles. The van der Waals surface area contributed by atoms with Crippen molar-refractivity contribution >= 4 is 5.97 Å². The van der Waals surface area contributed by atoms with Gasteiger partial charge in [0.15, 0.2) is 0 Å². The predicted molar refractivity (Wildman–Crippen MR) is 37.8 cm³/mol. The Morgan fingerprint density at radius 3 is 2.70 bits per heavy atom. The van der Waals surface area contributed by atoms with Crippen LogP contribution >= 0.6 is 0 Å². The Morgan fingerprint density at radius 2 is 2.30 bits per heavy atom. The fraction of sp³-hybridized carbons (Fsp3) is 0.857. The lowest BCUT2D eigenvalue weighted by molar-refractivity contribution is -0.142. The molecule has 1 saturated carbocycles. The summed E-state index contributed by atoms with van der Waals surface area (Å²) in [7, 11) is 1.83. The summed E-state index contributed by atoms with van der Waals surface area (Å²) in [5, 5.41) is 11.7. The molecule has 10 heavy (non-hydrogen) atoms. The molecule has 3 heteroatoms. The van der Waals surface area contributed by atoms with Gasteiger partial charge in [-0.3, -0.25) is 4.79 Å². The molecule has 0 aromatic rings. The number of carboxylic acids is 1. The average Bonchev–Trinajstić information content (AvgIpc) is 2.33. The van der Waals surface area contributed by atoms with Crippen LogP contribution in [-0.4, -0.2) is 24.2 Å². The van der Waals surface area contributed by atoms with Crippen molar-refractivity contribution in [3.8, 4) is 0 Å². The summed E-state index contributed by atoms with van der Waals surface area (Å²) in [4.78, 5) is 10.5. The highest BCUT2D eigenvalue weighted by Crippen LogP contribution is 2.25. The maximum atomic E-state index is 10.5. The van der Waals surface area contributed by atoms with Gasteiger partial charge in [-0.25, -0.2) is 0 Å². The summed E-state index contributed by atoms with van der Waals surface area (Å²) in [6, 6.07) is 0.206. The highest BCUT2D eigenvalue weighted by molar-refractivity contribution is 5.71. The lowest BCUT2D eigenvalue weighted by atomic mass is 10.1. The van der Waals surface area contributed by atoms with E-state index in [2.05, 4.69) is 5.32 Å². The Labute approximate surface area is 60.4 Å². The minimum absolute atomic E-state index is 0.148. The van der Waals surface area contributed by atoms with Crippen LogP contribution in [0.2, 0.25) is 0 Å². The Balaban J connectivity index is 2.50. The third kappa shape index (κ3) is 1.29. The maximum absolute atomic E-state index is 10.5. The van der Waals surface area contributed by atoms with Crippen LogP contribution in [0.5, 0.6) is 0 Å². The van der Waals surface area contributed by atoms with Crippen molar-refractivity contribution in [2.45, 2.75) is 25.3 Å². The summed E-state index contributed by atoms with van der Waals surface area (Å²) in [5.74, 6) is -0.804. The second kappa shape index (κ2) is 3.01. The van der Waals surface area contributed by atoms with Gasteiger partial charge in [-0.05, 0) is 19.9 Å². The molecule has 58 valence electrons. The Bertz CT molecular complexity index is 136. The second-order valence-corrected chi connectivity index (χ2v) is 2.77. The van der Waals surface area contributed by atoms with Crippen LogP contribution in [-0.2, 0) is 4.79 Å². The summed E-state index contributed by atoms with van der Waals surface area (Å²) < 4.78 is 0. The molecule has 3 nitrogen and oxygen atoms in total. The fourth-order valence-corrected chi connectivity index (χ4v) is 1.60. The van der Waals surface area contributed by atoms with Crippen LogP contribution < -0.4 is 5.32 Å². The number of nitrogens with one attached hydrogen (secondary N) is 1. The van der Waals surface area contributed by atoms with E-state index < -0.39 is 5.97 Å². The first-order valence-corrected chi connectivity index (χ1v) is 3.65. The van der Waals surface area contributed by atoms with Gasteiger partial charge in [-0.1, -0.05) is 6.42 Å². The second-order valence-electron chi connectivity index (χ2n) is 2.77. The third-order valence-electron chi connectivity index (χ3n) is 2.20. The molecular weight excluding hydrogens is 130 g/mol. The van der Waals surface area contributed by atoms with Gasteiger partial charge in [0, 0.05) is 6.04 Å². The zero-order valence-electron chi connectivity index (χ0n) is 6.13. The smallest absolute Gasteiger partial charge is 0.308 e. The number of hydrogen-bond acceptors (Lipinski definition) is 2. The lowest BCUT2D eigenvalue weighted by Crippen LogP contribution is -2.33. The zero-order valence-corrected chi connectivity index (χ0v) is 6.13. The van der Waals surface area contributed by atoms with Crippen LogP contribution in [0.1, 0.15) is 19.3 Å². The van der Waals surface area contributed by atoms with Crippen LogP contribution in [0.15, 0.2) is 0 Å². The molecule has 0 bridgehead atoms. The first-order chi connectivity index (χ1) is 4.75. The van der Waals surface area contributed by atoms with Gasteiger partial charge in [-0.15, -0.1) is 0 Å². The van der Waals surface area contributed by atoms with Crippen LogP contribution in [0.3, 0.4) is 0 Å². The number of aliphatic carboxylic acids is 1. The number of carbonyl (C=O) groups is 1. The van der Waals surface area contributed by atoms with Gasteiger partial charge in [0.25, 0.3) is 0 Å². The molecule has 0 saturated heterocycles. The van der Waals surface area contributed by atoms with Gasteiger partial charge >= 0.3 is 5.97 Å². The lowest BCUT2D eigenvalue weighted by Gasteiger charge is -2.13. The molecule has 0 aromatic carbocycles. The van der Waals surface area contributed by atoms with Crippen molar-refractivity contribution in [2.24, 2.45) is 5.92 Å². The van der Waals surface area contributed by atoms with E-state index in [-0.39, 0.29) is 12.0 Å². The molecule has 1 fully saturated rings. The summed E-state index contributed by atoms with van der Waals surface area (Å²) >= 11 is 0. The van der Waals surface area contributed by atoms with Gasteiger partial charge in [0.05, 0.1) is 5.92 Å².